The first-order valence-electron chi connectivity index (χ1n) is 24.4. The van der Waals surface area contributed by atoms with Crippen LogP contribution >= 0.6 is 0 Å². The van der Waals surface area contributed by atoms with Crippen LogP contribution in [0.5, 0.6) is 0 Å². The fraction of sp³-hybridized carbons (Fsp3) is 0.706. The van der Waals surface area contributed by atoms with Gasteiger partial charge in [-0.25, -0.2) is 0 Å². The maximum absolute atomic E-state index is 14.7. The number of hydrogen-bond acceptors (Lipinski definition) is 10. The number of likely N-dealkylation sites (N-methyl/N-ethyl adjacent to an activating group) is 2. The summed E-state index contributed by atoms with van der Waals surface area (Å²) in [6.07, 6.45) is 4.80. The second-order valence-electron chi connectivity index (χ2n) is 19.9. The molecule has 374 valence electrons. The van der Waals surface area contributed by atoms with Crippen molar-refractivity contribution < 1.29 is 48.1 Å². The van der Waals surface area contributed by atoms with E-state index in [0.29, 0.717) is 57.2 Å². The Hall–Kier alpha value is -4.67. The third-order valence-corrected chi connectivity index (χ3v) is 14.7. The van der Waals surface area contributed by atoms with Crippen molar-refractivity contribution in [2.75, 3.05) is 41.4 Å². The number of carbonyl (C=O) groups is 7. The summed E-state index contributed by atoms with van der Waals surface area (Å²) < 4.78 is 12.0. The summed E-state index contributed by atoms with van der Waals surface area (Å²) in [5.74, 6) is -3.61. The van der Waals surface area contributed by atoms with Gasteiger partial charge in [-0.2, -0.15) is 0 Å². The highest BCUT2D eigenvalue weighted by Gasteiger charge is 2.44. The molecule has 0 aromatic heterocycles. The van der Waals surface area contributed by atoms with Gasteiger partial charge >= 0.3 is 0 Å². The normalized spacial score (nSPS) is 22.7. The van der Waals surface area contributed by atoms with E-state index in [0.717, 1.165) is 6.42 Å². The summed E-state index contributed by atoms with van der Waals surface area (Å²) in [7, 11) is 6.39. The Labute approximate surface area is 398 Å². The van der Waals surface area contributed by atoms with Gasteiger partial charge in [0.25, 0.3) is 11.8 Å². The summed E-state index contributed by atoms with van der Waals surface area (Å²) in [4.78, 5) is 101. The minimum atomic E-state index is -0.947. The molecular formula is C51H80N6O10. The highest BCUT2D eigenvalue weighted by Crippen LogP contribution is 2.33. The molecule has 1 aromatic rings. The predicted octanol–water partition coefficient (Wildman–Crippen LogP) is 4.50. The van der Waals surface area contributed by atoms with Gasteiger partial charge in [-0.3, -0.25) is 38.5 Å². The van der Waals surface area contributed by atoms with Crippen molar-refractivity contribution >= 4 is 41.4 Å². The van der Waals surface area contributed by atoms with Gasteiger partial charge in [-0.1, -0.05) is 85.2 Å². The Morgan fingerprint density at radius 3 is 1.96 bits per heavy atom. The summed E-state index contributed by atoms with van der Waals surface area (Å²) in [5, 5.41) is 16.9. The lowest BCUT2D eigenvalue weighted by atomic mass is 9.80. The lowest BCUT2D eigenvalue weighted by Gasteiger charge is -2.41. The van der Waals surface area contributed by atoms with Gasteiger partial charge in [-0.05, 0) is 74.7 Å². The number of aliphatic hydroxyl groups is 1. The summed E-state index contributed by atoms with van der Waals surface area (Å²) in [5.41, 5.74) is 0.690. The van der Waals surface area contributed by atoms with Crippen LogP contribution in [0.3, 0.4) is 0 Å². The molecule has 0 spiro atoms. The van der Waals surface area contributed by atoms with Gasteiger partial charge in [-0.15, -0.1) is 0 Å². The molecule has 0 radical (unpaired) electrons. The minimum Gasteiger partial charge on any atom is -0.386 e. The van der Waals surface area contributed by atoms with E-state index >= 15 is 0 Å². The monoisotopic (exact) mass is 937 g/mol. The number of likely N-dealkylation sites (tertiary alicyclic amines) is 1. The molecule has 2 heterocycles. The molecule has 2 aliphatic heterocycles. The van der Waals surface area contributed by atoms with Crippen molar-refractivity contribution in [3.8, 4) is 0 Å². The molecule has 3 aliphatic rings. The number of nitrogens with zero attached hydrogens (tertiary/aromatic N) is 4. The quantitative estimate of drug-likeness (QED) is 0.132. The number of ether oxygens (including phenoxy) is 2. The summed E-state index contributed by atoms with van der Waals surface area (Å²) >= 11 is 0. The molecule has 10 atom stereocenters. The SMILES string of the molecule is CC[C@H](C)[C@@H]([C@@H](CC(=O)N1CCC[C@H]1[C@H](OC)[C@@H](C)C(=O)N[C@H](C)[C@@H](O)c1ccccc1)OC)N(C)C(=O)[C@@H](NC(=O)[C@H](C(C)C)N(C)C(=O)C1CCC(CN2C(=O)C=CC2=O)CC1)C(C)C. The number of nitrogens with one attached hydrogen (secondary N) is 2. The standard InChI is InChI=1S/C51H80N6O10/c1-13-32(6)45(39(66-11)28-42(60)56-27-17-20-38(56)47(67-12)33(7)48(62)52-34(8)46(61)36-18-15-14-16-19-36)55(10)51(65)43(30(2)3)53-49(63)44(31(4)5)54(9)50(64)37-23-21-35(22-24-37)29-57-40(58)25-26-41(57)59/h14-16,18-19,25-26,30-35,37-39,43-47,61H,13,17,20-24,27-29H2,1-12H3,(H,52,62)(H,53,63)/t32-,33+,34+,35?,37?,38-,39+,43-,44-,45-,46+,47+/m0/s1. The number of aliphatic hydroxyl groups excluding tert-OH is 1. The molecule has 3 N–H and O–H groups in total. The first kappa shape index (κ1) is 54.9. The first-order chi connectivity index (χ1) is 31.7. The van der Waals surface area contributed by atoms with Crippen molar-refractivity contribution in [2.45, 2.75) is 155 Å². The highest BCUT2D eigenvalue weighted by molar-refractivity contribution is 6.12. The second-order valence-corrected chi connectivity index (χ2v) is 19.9. The fourth-order valence-corrected chi connectivity index (χ4v) is 10.5. The molecule has 1 saturated heterocycles. The van der Waals surface area contributed by atoms with Crippen LogP contribution < -0.4 is 10.6 Å². The molecular weight excluding hydrogens is 857 g/mol. The molecule has 16 nitrogen and oxygen atoms in total. The van der Waals surface area contributed by atoms with E-state index in [2.05, 4.69) is 10.6 Å². The largest absolute Gasteiger partial charge is 0.386 e. The Balaban J connectivity index is 1.43. The Bertz CT molecular complexity index is 1870. The van der Waals surface area contributed by atoms with Gasteiger partial charge in [0.05, 0.1) is 48.8 Å². The Morgan fingerprint density at radius 2 is 1.42 bits per heavy atom. The van der Waals surface area contributed by atoms with E-state index in [1.54, 1.807) is 49.9 Å². The minimum absolute atomic E-state index is 0.0361. The third-order valence-electron chi connectivity index (χ3n) is 14.7. The number of amides is 7. The van der Waals surface area contributed by atoms with Gasteiger partial charge < -0.3 is 39.9 Å². The molecule has 1 aliphatic carbocycles. The van der Waals surface area contributed by atoms with Crippen LogP contribution in [-0.4, -0.2) is 150 Å². The number of methoxy groups -OCH3 is 2. The van der Waals surface area contributed by atoms with Crippen molar-refractivity contribution in [1.82, 2.24) is 30.2 Å². The zero-order chi connectivity index (χ0) is 49.9. The molecule has 0 bridgehead atoms. The average molecular weight is 937 g/mol. The summed E-state index contributed by atoms with van der Waals surface area (Å²) in [6, 6.07) is 5.81. The lowest BCUT2D eigenvalue weighted by molar-refractivity contribution is -0.149. The summed E-state index contributed by atoms with van der Waals surface area (Å²) in [6.45, 7) is 15.8. The molecule has 2 fully saturated rings. The molecule has 1 saturated carbocycles. The van der Waals surface area contributed by atoms with E-state index in [1.807, 2.05) is 59.7 Å². The maximum Gasteiger partial charge on any atom is 0.253 e. The molecule has 16 heteroatoms. The number of hydrogen-bond donors (Lipinski definition) is 3. The van der Waals surface area contributed by atoms with E-state index in [9.17, 15) is 38.7 Å². The zero-order valence-electron chi connectivity index (χ0n) is 42.1. The van der Waals surface area contributed by atoms with Crippen LogP contribution in [0.25, 0.3) is 0 Å². The topological polar surface area (TPSA) is 195 Å². The van der Waals surface area contributed by atoms with Gasteiger partial charge in [0.1, 0.15) is 12.1 Å². The first-order valence-corrected chi connectivity index (χ1v) is 24.4. The number of benzene rings is 1. The van der Waals surface area contributed by atoms with E-state index < -0.39 is 60.3 Å². The van der Waals surface area contributed by atoms with Gasteiger partial charge in [0, 0.05) is 59.5 Å². The van der Waals surface area contributed by atoms with Crippen molar-refractivity contribution in [1.29, 1.82) is 0 Å². The van der Waals surface area contributed by atoms with E-state index in [-0.39, 0.29) is 71.5 Å². The number of rotatable bonds is 23. The number of imide groups is 1. The lowest BCUT2D eigenvalue weighted by Crippen LogP contribution is -2.60. The van der Waals surface area contributed by atoms with Crippen LogP contribution in [0.4, 0.5) is 0 Å². The van der Waals surface area contributed by atoms with E-state index in [1.165, 1.54) is 36.2 Å². The van der Waals surface area contributed by atoms with Crippen LogP contribution in [0, 0.1) is 35.5 Å². The van der Waals surface area contributed by atoms with Crippen molar-refractivity contribution in [3.05, 3.63) is 48.0 Å². The van der Waals surface area contributed by atoms with Gasteiger partial charge in [0.15, 0.2) is 0 Å². The van der Waals surface area contributed by atoms with Gasteiger partial charge in [0.2, 0.25) is 29.5 Å². The third kappa shape index (κ3) is 13.5. The smallest absolute Gasteiger partial charge is 0.253 e. The van der Waals surface area contributed by atoms with Crippen LogP contribution in [0.15, 0.2) is 42.5 Å². The Morgan fingerprint density at radius 1 is 0.806 bits per heavy atom. The second kappa shape index (κ2) is 25.1. The van der Waals surface area contributed by atoms with Crippen LogP contribution in [0.1, 0.15) is 118 Å². The predicted molar refractivity (Wildman–Crippen MR) is 255 cm³/mol. The highest BCUT2D eigenvalue weighted by atomic mass is 16.5. The average Bonchev–Trinajstić information content (AvgIpc) is 3.92. The Kier molecular flexibility index (Phi) is 20.6. The molecule has 4 rings (SSSR count). The fourth-order valence-electron chi connectivity index (χ4n) is 10.5. The zero-order valence-corrected chi connectivity index (χ0v) is 42.1. The van der Waals surface area contributed by atoms with Crippen molar-refractivity contribution in [2.24, 2.45) is 35.5 Å². The molecule has 0 unspecified atom stereocenters. The number of carbonyl (C=O) groups excluding carboxylic acids is 7. The van der Waals surface area contributed by atoms with E-state index in [4.69, 9.17) is 9.47 Å². The molecule has 7 amide bonds. The van der Waals surface area contributed by atoms with Crippen LogP contribution in [-0.2, 0) is 43.0 Å². The maximum atomic E-state index is 14.7. The molecule has 67 heavy (non-hydrogen) atoms. The molecule has 1 aromatic carbocycles. The van der Waals surface area contributed by atoms with Crippen molar-refractivity contribution in [3.63, 3.8) is 0 Å². The van der Waals surface area contributed by atoms with Crippen LogP contribution in [0.2, 0.25) is 0 Å².